The van der Waals surface area contributed by atoms with E-state index in [1.165, 1.54) is 24.4 Å². The Morgan fingerprint density at radius 1 is 1.25 bits per heavy atom. The number of hydrogen-bond donors (Lipinski definition) is 1. The summed E-state index contributed by atoms with van der Waals surface area (Å²) in [5.74, 6) is -1.71. The molecule has 2 aromatic rings. The minimum atomic E-state index is -1.21. The van der Waals surface area contributed by atoms with Gasteiger partial charge in [-0.15, -0.1) is 0 Å². The lowest BCUT2D eigenvalue weighted by atomic mass is 10.1. The highest BCUT2D eigenvalue weighted by Crippen LogP contribution is 2.23. The molecule has 0 saturated carbocycles. The molecule has 2 rings (SSSR count). The number of rotatable bonds is 2. The second-order valence-electron chi connectivity index (χ2n) is 3.07. The highest BCUT2D eigenvalue weighted by atomic mass is 19.1. The van der Waals surface area contributed by atoms with Gasteiger partial charge in [-0.3, -0.25) is 0 Å². The van der Waals surface area contributed by atoms with Gasteiger partial charge in [0, 0.05) is 17.3 Å². The second kappa shape index (κ2) is 4.06. The summed E-state index contributed by atoms with van der Waals surface area (Å²) in [5, 5.41) is 8.91. The topological polar surface area (TPSA) is 63.1 Å². The van der Waals surface area contributed by atoms with E-state index >= 15 is 0 Å². The Morgan fingerprint density at radius 3 is 2.69 bits per heavy atom. The predicted octanol–water partition coefficient (Wildman–Crippen LogP) is 1.98. The van der Waals surface area contributed by atoms with E-state index in [-0.39, 0.29) is 16.8 Å². The monoisotopic (exact) mass is 218 g/mol. The lowest BCUT2D eigenvalue weighted by Gasteiger charge is -2.04. The fraction of sp³-hybridized carbons (Fsp3) is 0. The first-order valence-electron chi connectivity index (χ1n) is 4.48. The molecule has 1 heterocycles. The summed E-state index contributed by atoms with van der Waals surface area (Å²) in [6.45, 7) is 0. The van der Waals surface area contributed by atoms with Gasteiger partial charge in [-0.2, -0.15) is 0 Å². The van der Waals surface area contributed by atoms with Gasteiger partial charge in [0.15, 0.2) is 5.69 Å². The SMILES string of the molecule is O=C(O)c1ncncc1-c1ccccc1F. The number of benzene rings is 1. The van der Waals surface area contributed by atoms with Crippen molar-refractivity contribution >= 4 is 5.97 Å². The lowest BCUT2D eigenvalue weighted by Crippen LogP contribution is -2.04. The number of carboxylic acid groups (broad SMARTS) is 1. The predicted molar refractivity (Wildman–Crippen MR) is 54.4 cm³/mol. The Labute approximate surface area is 90.4 Å². The third-order valence-corrected chi connectivity index (χ3v) is 2.08. The molecule has 4 nitrogen and oxygen atoms in total. The molecule has 1 N–H and O–H groups in total. The molecular formula is C11H7FN2O2. The Morgan fingerprint density at radius 2 is 2.00 bits per heavy atom. The standard InChI is InChI=1S/C11H7FN2O2/c12-9-4-2-1-3-7(9)8-5-13-6-14-10(8)11(15)16/h1-6H,(H,15,16). The van der Waals surface area contributed by atoms with E-state index in [2.05, 4.69) is 9.97 Å². The van der Waals surface area contributed by atoms with Gasteiger partial charge < -0.3 is 5.11 Å². The molecule has 1 aromatic heterocycles. The van der Waals surface area contributed by atoms with E-state index < -0.39 is 11.8 Å². The molecule has 0 unspecified atom stereocenters. The zero-order chi connectivity index (χ0) is 11.5. The van der Waals surface area contributed by atoms with Crippen molar-refractivity contribution in [2.75, 3.05) is 0 Å². The zero-order valence-corrected chi connectivity index (χ0v) is 8.09. The summed E-state index contributed by atoms with van der Waals surface area (Å²) in [5.41, 5.74) is 0.147. The van der Waals surface area contributed by atoms with Crippen LogP contribution < -0.4 is 0 Å². The van der Waals surface area contributed by atoms with Gasteiger partial charge in [-0.05, 0) is 6.07 Å². The van der Waals surface area contributed by atoms with E-state index in [0.29, 0.717) is 0 Å². The number of carbonyl (C=O) groups is 1. The first-order chi connectivity index (χ1) is 7.70. The summed E-state index contributed by atoms with van der Waals surface area (Å²) < 4.78 is 13.5. The largest absolute Gasteiger partial charge is 0.476 e. The maximum absolute atomic E-state index is 13.5. The molecule has 0 aliphatic rings. The number of hydrogen-bond acceptors (Lipinski definition) is 3. The van der Waals surface area contributed by atoms with E-state index in [9.17, 15) is 9.18 Å². The van der Waals surface area contributed by atoms with Crippen molar-refractivity contribution in [1.82, 2.24) is 9.97 Å². The molecular weight excluding hydrogens is 211 g/mol. The molecule has 5 heteroatoms. The molecule has 0 atom stereocenters. The van der Waals surface area contributed by atoms with Gasteiger partial charge >= 0.3 is 5.97 Å². The van der Waals surface area contributed by atoms with Crippen molar-refractivity contribution < 1.29 is 14.3 Å². The summed E-state index contributed by atoms with van der Waals surface area (Å²) in [7, 11) is 0. The Hall–Kier alpha value is -2.30. The van der Waals surface area contributed by atoms with Crippen molar-refractivity contribution in [2.45, 2.75) is 0 Å². The minimum Gasteiger partial charge on any atom is -0.476 e. The van der Waals surface area contributed by atoms with Crippen LogP contribution in [0.4, 0.5) is 4.39 Å². The molecule has 0 saturated heterocycles. The summed E-state index contributed by atoms with van der Waals surface area (Å²) in [6.07, 6.45) is 2.41. The van der Waals surface area contributed by atoms with E-state index in [4.69, 9.17) is 5.11 Å². The van der Waals surface area contributed by atoms with Crippen LogP contribution in [0.3, 0.4) is 0 Å². The van der Waals surface area contributed by atoms with Crippen LogP contribution in [0.5, 0.6) is 0 Å². The van der Waals surface area contributed by atoms with Crippen LogP contribution in [0.15, 0.2) is 36.8 Å². The molecule has 0 radical (unpaired) electrons. The van der Waals surface area contributed by atoms with Gasteiger partial charge in [-0.25, -0.2) is 19.2 Å². The second-order valence-corrected chi connectivity index (χ2v) is 3.07. The quantitative estimate of drug-likeness (QED) is 0.837. The van der Waals surface area contributed by atoms with Gasteiger partial charge in [0.1, 0.15) is 12.1 Å². The van der Waals surface area contributed by atoms with Crippen LogP contribution in [0.25, 0.3) is 11.1 Å². The van der Waals surface area contributed by atoms with E-state index in [0.717, 1.165) is 6.33 Å². The summed E-state index contributed by atoms with van der Waals surface area (Å²) in [6, 6.07) is 5.90. The fourth-order valence-electron chi connectivity index (χ4n) is 1.38. The molecule has 0 aliphatic carbocycles. The normalized spacial score (nSPS) is 10.1. The lowest BCUT2D eigenvalue weighted by molar-refractivity contribution is 0.0691. The van der Waals surface area contributed by atoms with E-state index in [1.807, 2.05) is 0 Å². The first kappa shape index (κ1) is 10.2. The van der Waals surface area contributed by atoms with Crippen molar-refractivity contribution in [3.8, 4) is 11.1 Å². The molecule has 1 aromatic carbocycles. The van der Waals surface area contributed by atoms with Gasteiger partial charge in [0.25, 0.3) is 0 Å². The maximum Gasteiger partial charge on any atom is 0.355 e. The highest BCUT2D eigenvalue weighted by molar-refractivity contribution is 5.93. The van der Waals surface area contributed by atoms with E-state index in [1.54, 1.807) is 6.07 Å². The van der Waals surface area contributed by atoms with Crippen molar-refractivity contribution in [3.05, 3.63) is 48.3 Å². The number of carboxylic acids is 1. The molecule has 16 heavy (non-hydrogen) atoms. The van der Waals surface area contributed by atoms with Crippen LogP contribution in [-0.4, -0.2) is 21.0 Å². The van der Waals surface area contributed by atoms with Crippen LogP contribution in [0, 0.1) is 5.82 Å². The molecule has 0 amide bonds. The minimum absolute atomic E-state index is 0.174. The summed E-state index contributed by atoms with van der Waals surface area (Å²) in [4.78, 5) is 18.2. The maximum atomic E-state index is 13.5. The van der Waals surface area contributed by atoms with Gasteiger partial charge in [0.05, 0.1) is 0 Å². The van der Waals surface area contributed by atoms with Crippen LogP contribution >= 0.6 is 0 Å². The molecule has 0 aliphatic heterocycles. The number of nitrogens with zero attached hydrogens (tertiary/aromatic N) is 2. The molecule has 80 valence electrons. The third kappa shape index (κ3) is 1.75. The number of halogens is 1. The van der Waals surface area contributed by atoms with Crippen LogP contribution in [0.1, 0.15) is 10.5 Å². The molecule has 0 bridgehead atoms. The van der Waals surface area contributed by atoms with Crippen LogP contribution in [0.2, 0.25) is 0 Å². The number of aromatic nitrogens is 2. The van der Waals surface area contributed by atoms with Gasteiger partial charge in [-0.1, -0.05) is 18.2 Å². The average molecular weight is 218 g/mol. The Bertz CT molecular complexity index is 543. The average Bonchev–Trinajstić information content (AvgIpc) is 2.29. The van der Waals surface area contributed by atoms with Crippen molar-refractivity contribution in [2.24, 2.45) is 0 Å². The zero-order valence-electron chi connectivity index (χ0n) is 8.09. The smallest absolute Gasteiger partial charge is 0.355 e. The first-order valence-corrected chi connectivity index (χ1v) is 4.48. The van der Waals surface area contributed by atoms with Crippen molar-refractivity contribution in [3.63, 3.8) is 0 Å². The number of aromatic carboxylic acids is 1. The molecule has 0 spiro atoms. The molecule has 0 fully saturated rings. The van der Waals surface area contributed by atoms with Crippen LogP contribution in [-0.2, 0) is 0 Å². The van der Waals surface area contributed by atoms with Crippen molar-refractivity contribution in [1.29, 1.82) is 0 Å². The summed E-state index contributed by atoms with van der Waals surface area (Å²) >= 11 is 0. The highest BCUT2D eigenvalue weighted by Gasteiger charge is 2.15. The van der Waals surface area contributed by atoms with Gasteiger partial charge in [0.2, 0.25) is 0 Å². The Kier molecular flexibility index (Phi) is 2.59. The Balaban J connectivity index is 2.65. The fourth-order valence-corrected chi connectivity index (χ4v) is 1.38. The third-order valence-electron chi connectivity index (χ3n) is 2.08.